The molecule has 0 atom stereocenters. The van der Waals surface area contributed by atoms with E-state index in [0.717, 1.165) is 5.56 Å². The number of aryl methyl sites for hydroxylation is 1. The molecule has 0 aliphatic carbocycles. The lowest BCUT2D eigenvalue weighted by Gasteiger charge is -2.23. The highest BCUT2D eigenvalue weighted by molar-refractivity contribution is 7.93. The molecule has 2 rings (SSSR count). The second-order valence-corrected chi connectivity index (χ2v) is 7.25. The van der Waals surface area contributed by atoms with Crippen LogP contribution in [0.2, 0.25) is 10.0 Å². The van der Waals surface area contributed by atoms with Gasteiger partial charge in [-0.2, -0.15) is 0 Å². The molecular weight excluding hydrogens is 329 g/mol. The highest BCUT2D eigenvalue weighted by Crippen LogP contribution is 2.30. The van der Waals surface area contributed by atoms with Crippen molar-refractivity contribution in [3.63, 3.8) is 0 Å². The van der Waals surface area contributed by atoms with Crippen LogP contribution in [-0.4, -0.2) is 15.0 Å². The van der Waals surface area contributed by atoms with Gasteiger partial charge in [-0.1, -0.05) is 40.9 Å². The molecule has 0 saturated carbocycles. The molecule has 2 aromatic carbocycles. The van der Waals surface area contributed by atoms with Crippen LogP contribution in [0.15, 0.2) is 47.4 Å². The number of anilines is 1. The van der Waals surface area contributed by atoms with E-state index in [4.69, 9.17) is 23.2 Å². The molecule has 0 unspecified atom stereocenters. The van der Waals surface area contributed by atoms with Crippen molar-refractivity contribution in [2.75, 3.05) is 10.8 Å². The normalized spacial score (nSPS) is 11.4. The van der Waals surface area contributed by atoms with Crippen LogP contribution in [0, 0.1) is 6.92 Å². The fourth-order valence-electron chi connectivity index (χ4n) is 2.00. The maximum absolute atomic E-state index is 12.8. The SMILES string of the molecule is CCN(c1ccc(C)cc1)S(=O)(=O)c1cc(Cl)ccc1Cl. The molecule has 0 N–H and O–H groups in total. The van der Waals surface area contributed by atoms with Gasteiger partial charge in [0.15, 0.2) is 0 Å². The summed E-state index contributed by atoms with van der Waals surface area (Å²) in [6.07, 6.45) is 0. The number of rotatable bonds is 4. The zero-order valence-electron chi connectivity index (χ0n) is 11.7. The van der Waals surface area contributed by atoms with Crippen LogP contribution in [0.3, 0.4) is 0 Å². The number of halogens is 2. The van der Waals surface area contributed by atoms with Gasteiger partial charge in [-0.05, 0) is 44.2 Å². The largest absolute Gasteiger partial charge is 0.267 e. The molecular formula is C15H15Cl2NO2S. The Morgan fingerprint density at radius 1 is 1.05 bits per heavy atom. The fraction of sp³-hybridized carbons (Fsp3) is 0.200. The van der Waals surface area contributed by atoms with E-state index in [1.807, 2.05) is 19.1 Å². The molecule has 21 heavy (non-hydrogen) atoms. The topological polar surface area (TPSA) is 37.4 Å². The van der Waals surface area contributed by atoms with E-state index in [2.05, 4.69) is 0 Å². The first-order valence-electron chi connectivity index (χ1n) is 6.40. The molecule has 0 fully saturated rings. The second kappa shape index (κ2) is 6.26. The fourth-order valence-corrected chi connectivity index (χ4v) is 4.21. The third-order valence-corrected chi connectivity index (χ3v) is 5.69. The molecule has 0 heterocycles. The maximum Gasteiger partial charge on any atom is 0.265 e. The van der Waals surface area contributed by atoms with Crippen LogP contribution in [0.5, 0.6) is 0 Å². The van der Waals surface area contributed by atoms with Gasteiger partial charge < -0.3 is 0 Å². The van der Waals surface area contributed by atoms with E-state index in [-0.39, 0.29) is 9.92 Å². The van der Waals surface area contributed by atoms with Crippen molar-refractivity contribution in [3.8, 4) is 0 Å². The van der Waals surface area contributed by atoms with E-state index in [1.54, 1.807) is 25.1 Å². The molecule has 3 nitrogen and oxygen atoms in total. The van der Waals surface area contributed by atoms with Gasteiger partial charge in [0.2, 0.25) is 0 Å². The molecule has 112 valence electrons. The monoisotopic (exact) mass is 343 g/mol. The Balaban J connectivity index is 2.54. The van der Waals surface area contributed by atoms with Crippen molar-refractivity contribution in [2.24, 2.45) is 0 Å². The first-order valence-corrected chi connectivity index (χ1v) is 8.60. The summed E-state index contributed by atoms with van der Waals surface area (Å²) in [5.74, 6) is 0. The summed E-state index contributed by atoms with van der Waals surface area (Å²) >= 11 is 11.9. The summed E-state index contributed by atoms with van der Waals surface area (Å²) in [5.41, 5.74) is 1.66. The highest BCUT2D eigenvalue weighted by Gasteiger charge is 2.26. The van der Waals surface area contributed by atoms with Crippen LogP contribution in [-0.2, 0) is 10.0 Å². The molecule has 2 aromatic rings. The van der Waals surface area contributed by atoms with E-state index in [0.29, 0.717) is 17.3 Å². The standard InChI is InChI=1S/C15H15Cl2NO2S/c1-3-18(13-7-4-11(2)5-8-13)21(19,20)15-10-12(16)6-9-14(15)17/h4-10H,3H2,1-2H3. The Kier molecular flexibility index (Phi) is 4.81. The summed E-state index contributed by atoms with van der Waals surface area (Å²) in [5, 5.41) is 0.489. The Morgan fingerprint density at radius 2 is 1.67 bits per heavy atom. The van der Waals surface area contributed by atoms with Crippen molar-refractivity contribution in [2.45, 2.75) is 18.7 Å². The first-order chi connectivity index (χ1) is 9.86. The molecule has 0 aromatic heterocycles. The van der Waals surface area contributed by atoms with Crippen LogP contribution >= 0.6 is 23.2 Å². The minimum Gasteiger partial charge on any atom is -0.267 e. The maximum atomic E-state index is 12.8. The Bertz CT molecular complexity index is 743. The van der Waals surface area contributed by atoms with Gasteiger partial charge in [0.1, 0.15) is 4.90 Å². The minimum atomic E-state index is -3.75. The van der Waals surface area contributed by atoms with Crippen LogP contribution in [0.25, 0.3) is 0 Å². The molecule has 0 aliphatic heterocycles. The molecule has 0 radical (unpaired) electrons. The lowest BCUT2D eigenvalue weighted by Crippen LogP contribution is -2.31. The molecule has 0 bridgehead atoms. The molecule has 0 spiro atoms. The number of nitrogens with zero attached hydrogens (tertiary/aromatic N) is 1. The second-order valence-electron chi connectivity index (χ2n) is 4.58. The molecule has 6 heteroatoms. The van der Waals surface area contributed by atoms with E-state index in [9.17, 15) is 8.42 Å². The quantitative estimate of drug-likeness (QED) is 0.818. The van der Waals surface area contributed by atoms with Gasteiger partial charge >= 0.3 is 0 Å². The van der Waals surface area contributed by atoms with Gasteiger partial charge in [-0.3, -0.25) is 4.31 Å². The number of hydrogen-bond donors (Lipinski definition) is 0. The summed E-state index contributed by atoms with van der Waals surface area (Å²) < 4.78 is 26.9. The van der Waals surface area contributed by atoms with Crippen molar-refractivity contribution < 1.29 is 8.42 Å². The highest BCUT2D eigenvalue weighted by atomic mass is 35.5. The van der Waals surface area contributed by atoms with Gasteiger partial charge in [-0.15, -0.1) is 0 Å². The zero-order valence-corrected chi connectivity index (χ0v) is 14.0. The summed E-state index contributed by atoms with van der Waals surface area (Å²) in [6.45, 7) is 4.02. The molecule has 0 amide bonds. The van der Waals surface area contributed by atoms with Crippen LogP contribution < -0.4 is 4.31 Å². The predicted octanol–water partition coefficient (Wildman–Crippen LogP) is 4.52. The lowest BCUT2D eigenvalue weighted by molar-refractivity contribution is 0.592. The van der Waals surface area contributed by atoms with Gasteiger partial charge in [-0.25, -0.2) is 8.42 Å². The van der Waals surface area contributed by atoms with Crippen molar-refractivity contribution in [1.82, 2.24) is 0 Å². The van der Waals surface area contributed by atoms with Gasteiger partial charge in [0.05, 0.1) is 10.7 Å². The molecule has 0 saturated heterocycles. The average molecular weight is 344 g/mol. The Morgan fingerprint density at radius 3 is 2.24 bits per heavy atom. The van der Waals surface area contributed by atoms with E-state index in [1.165, 1.54) is 16.4 Å². The van der Waals surface area contributed by atoms with Gasteiger partial charge in [0, 0.05) is 11.6 Å². The Labute approximate surface area is 135 Å². The summed E-state index contributed by atoms with van der Waals surface area (Å²) in [6, 6.07) is 11.7. The molecule has 0 aliphatic rings. The van der Waals surface area contributed by atoms with Crippen molar-refractivity contribution in [1.29, 1.82) is 0 Å². The number of benzene rings is 2. The zero-order chi connectivity index (χ0) is 15.6. The summed E-state index contributed by atoms with van der Waals surface area (Å²) in [4.78, 5) is 0.0130. The minimum absolute atomic E-state index is 0.0130. The smallest absolute Gasteiger partial charge is 0.265 e. The number of sulfonamides is 1. The third kappa shape index (κ3) is 3.34. The first kappa shape index (κ1) is 16.1. The van der Waals surface area contributed by atoms with Crippen LogP contribution in [0.4, 0.5) is 5.69 Å². The average Bonchev–Trinajstić information content (AvgIpc) is 2.44. The number of hydrogen-bond acceptors (Lipinski definition) is 2. The van der Waals surface area contributed by atoms with E-state index >= 15 is 0 Å². The predicted molar refractivity (Wildman–Crippen MR) is 87.8 cm³/mol. The Hall–Kier alpha value is -1.23. The van der Waals surface area contributed by atoms with Crippen molar-refractivity contribution in [3.05, 3.63) is 58.1 Å². The van der Waals surface area contributed by atoms with Crippen LogP contribution in [0.1, 0.15) is 12.5 Å². The van der Waals surface area contributed by atoms with Gasteiger partial charge in [0.25, 0.3) is 10.0 Å². The third-order valence-electron chi connectivity index (χ3n) is 3.07. The van der Waals surface area contributed by atoms with Crippen molar-refractivity contribution >= 4 is 38.9 Å². The lowest BCUT2D eigenvalue weighted by atomic mass is 10.2. The van der Waals surface area contributed by atoms with E-state index < -0.39 is 10.0 Å². The summed E-state index contributed by atoms with van der Waals surface area (Å²) in [7, 11) is -3.75.